The minimum atomic E-state index is -5.08. The maximum absolute atomic E-state index is 13.1. The molecule has 2 N–H and O–H groups in total. The molecular weight excluding hydrogens is 526 g/mol. The molecule has 4 rings (SSSR count). The quantitative estimate of drug-likeness (QED) is 0.529. The molecule has 3 heterocycles. The van der Waals surface area contributed by atoms with Crippen molar-refractivity contribution in [2.75, 3.05) is 47.6 Å². The fraction of sp³-hybridized carbons (Fsp3) is 0.571. The van der Waals surface area contributed by atoms with E-state index in [-0.39, 0.29) is 0 Å². The third-order valence-corrected chi connectivity index (χ3v) is 7.39. The van der Waals surface area contributed by atoms with Gasteiger partial charge in [-0.1, -0.05) is 18.0 Å². The highest BCUT2D eigenvalue weighted by Gasteiger charge is 2.38. The van der Waals surface area contributed by atoms with Crippen molar-refractivity contribution in [2.24, 2.45) is 0 Å². The van der Waals surface area contributed by atoms with Crippen LogP contribution in [0, 0.1) is 12.7 Å². The van der Waals surface area contributed by atoms with Crippen LogP contribution in [0.2, 0.25) is 5.02 Å². The number of alkyl halides is 3. The number of halogens is 5. The third-order valence-electron chi connectivity index (χ3n) is 5.78. The summed E-state index contributed by atoms with van der Waals surface area (Å²) in [6, 6.07) is 0.394. The van der Waals surface area contributed by atoms with E-state index in [0.29, 0.717) is 41.3 Å². The van der Waals surface area contributed by atoms with Crippen molar-refractivity contribution in [2.45, 2.75) is 43.7 Å². The van der Waals surface area contributed by atoms with Gasteiger partial charge in [0.25, 0.3) is 0 Å². The third kappa shape index (κ3) is 7.21. The number of carboxylic acid groups (broad SMARTS) is 1. The number of aliphatic carboxylic acids is 1. The Balaban J connectivity index is 0.000000454. The summed E-state index contributed by atoms with van der Waals surface area (Å²) in [6.07, 6.45) is 3.07. The van der Waals surface area contributed by atoms with E-state index in [1.165, 1.54) is 25.2 Å². The molecule has 0 spiro atoms. The van der Waals surface area contributed by atoms with E-state index in [0.717, 1.165) is 31.0 Å². The van der Waals surface area contributed by atoms with Crippen LogP contribution < -0.4 is 15.1 Å². The number of carboxylic acids is 1. The number of thioether (sulfide) groups is 1. The van der Waals surface area contributed by atoms with Gasteiger partial charge in [-0.05, 0) is 26.0 Å². The first-order valence-corrected chi connectivity index (χ1v) is 12.8. The smallest absolute Gasteiger partial charge is 0.475 e. The molecule has 0 radical (unpaired) electrons. The van der Waals surface area contributed by atoms with Gasteiger partial charge < -0.3 is 20.2 Å². The maximum Gasteiger partial charge on any atom is 0.490 e. The van der Waals surface area contributed by atoms with E-state index < -0.39 is 18.0 Å². The van der Waals surface area contributed by atoms with Gasteiger partial charge in [0.15, 0.2) is 11.6 Å². The Bertz CT molecular complexity index is 1040. The van der Waals surface area contributed by atoms with Gasteiger partial charge in [0.05, 0.1) is 18.1 Å². The summed E-state index contributed by atoms with van der Waals surface area (Å²) >= 11 is 8.47. The molecule has 0 amide bonds. The monoisotopic (exact) mass is 551 g/mol. The van der Waals surface area contributed by atoms with Crippen molar-refractivity contribution in [3.63, 3.8) is 0 Å². The standard InChI is InChI=1S/C19H25ClFN7S.C2HF3O2/c1-12-16(20)17(26-18(24-12)25-14-4-3-5-15(14)29-2)27-6-8-28(9-7-27)19-22-10-13(21)11-23-19;3-2(4,5)1(6)7/h10-11,14-15H,3-9H2,1-2H3,(H,24,25,26);(H,6,7)/t14-,15-;/m1./s1. The lowest BCUT2D eigenvalue weighted by Gasteiger charge is -2.36. The zero-order valence-electron chi connectivity index (χ0n) is 19.6. The van der Waals surface area contributed by atoms with Crippen LogP contribution in [-0.2, 0) is 4.79 Å². The summed E-state index contributed by atoms with van der Waals surface area (Å²) in [4.78, 5) is 30.6. The van der Waals surface area contributed by atoms with Crippen molar-refractivity contribution in [3.05, 3.63) is 28.9 Å². The normalized spacial score (nSPS) is 20.1. The second-order valence-corrected chi connectivity index (χ2v) is 9.66. The van der Waals surface area contributed by atoms with E-state index in [1.54, 1.807) is 0 Å². The number of hydrogen-bond acceptors (Lipinski definition) is 9. The van der Waals surface area contributed by atoms with E-state index in [4.69, 9.17) is 26.5 Å². The van der Waals surface area contributed by atoms with Gasteiger partial charge in [0.2, 0.25) is 11.9 Å². The number of aromatic nitrogens is 4. The van der Waals surface area contributed by atoms with Gasteiger partial charge >= 0.3 is 12.1 Å². The first kappa shape index (κ1) is 28.0. The molecule has 1 saturated carbocycles. The fourth-order valence-corrected chi connectivity index (χ4v) is 5.08. The predicted octanol–water partition coefficient (Wildman–Crippen LogP) is 4.02. The summed E-state index contributed by atoms with van der Waals surface area (Å²) in [5, 5.41) is 11.8. The second-order valence-electron chi connectivity index (χ2n) is 8.20. The number of nitrogens with one attached hydrogen (secondary N) is 1. The largest absolute Gasteiger partial charge is 0.490 e. The molecular formula is C21H26ClF4N7O2S. The summed E-state index contributed by atoms with van der Waals surface area (Å²) in [6.45, 7) is 4.80. The highest BCUT2D eigenvalue weighted by atomic mass is 35.5. The molecule has 2 aliphatic rings. The van der Waals surface area contributed by atoms with Crippen molar-refractivity contribution in [1.82, 2.24) is 19.9 Å². The van der Waals surface area contributed by atoms with Crippen LogP contribution in [-0.4, -0.2) is 80.9 Å². The van der Waals surface area contributed by atoms with E-state index in [2.05, 4.69) is 31.4 Å². The van der Waals surface area contributed by atoms with Crippen molar-refractivity contribution >= 4 is 47.0 Å². The molecule has 0 unspecified atom stereocenters. The fourth-order valence-electron chi connectivity index (χ4n) is 3.94. The van der Waals surface area contributed by atoms with Crippen molar-refractivity contribution in [3.8, 4) is 0 Å². The molecule has 198 valence electrons. The van der Waals surface area contributed by atoms with Crippen molar-refractivity contribution < 1.29 is 27.5 Å². The molecule has 15 heteroatoms. The second kappa shape index (κ2) is 12.1. The number of anilines is 3. The average molecular weight is 552 g/mol. The van der Waals surface area contributed by atoms with E-state index in [9.17, 15) is 17.6 Å². The lowest BCUT2D eigenvalue weighted by Crippen LogP contribution is -2.47. The van der Waals surface area contributed by atoms with Crippen LogP contribution in [0.25, 0.3) is 0 Å². The SMILES string of the molecule is CS[C@@H]1CCC[C@H]1Nc1nc(C)c(Cl)c(N2CCN(c3ncc(F)cn3)CC2)n1.O=C(O)C(F)(F)F. The number of rotatable bonds is 5. The highest BCUT2D eigenvalue weighted by molar-refractivity contribution is 7.99. The predicted molar refractivity (Wildman–Crippen MR) is 130 cm³/mol. The molecule has 1 aliphatic carbocycles. The van der Waals surface area contributed by atoms with Crippen LogP contribution in [0.1, 0.15) is 25.0 Å². The van der Waals surface area contributed by atoms with Crippen LogP contribution in [0.3, 0.4) is 0 Å². The number of aryl methyl sites for hydroxylation is 1. The summed E-state index contributed by atoms with van der Waals surface area (Å²) in [7, 11) is 0. The Kier molecular flexibility index (Phi) is 9.39. The Morgan fingerprint density at radius 2 is 1.72 bits per heavy atom. The zero-order valence-corrected chi connectivity index (χ0v) is 21.2. The molecule has 2 aromatic heterocycles. The molecule has 2 aromatic rings. The Morgan fingerprint density at radius 3 is 2.28 bits per heavy atom. The van der Waals surface area contributed by atoms with Gasteiger partial charge in [-0.25, -0.2) is 24.1 Å². The van der Waals surface area contributed by atoms with Crippen molar-refractivity contribution in [1.29, 1.82) is 0 Å². The van der Waals surface area contributed by atoms with Crippen LogP contribution in [0.4, 0.5) is 35.3 Å². The molecule has 2 fully saturated rings. The van der Waals surface area contributed by atoms with Crippen LogP contribution in [0.5, 0.6) is 0 Å². The average Bonchev–Trinajstić information content (AvgIpc) is 3.29. The minimum absolute atomic E-state index is 0.394. The molecule has 1 saturated heterocycles. The van der Waals surface area contributed by atoms with Gasteiger partial charge in [-0.3, -0.25) is 0 Å². The van der Waals surface area contributed by atoms with E-state index in [1.807, 2.05) is 23.6 Å². The molecule has 36 heavy (non-hydrogen) atoms. The number of hydrogen-bond donors (Lipinski definition) is 2. The lowest BCUT2D eigenvalue weighted by atomic mass is 10.2. The lowest BCUT2D eigenvalue weighted by molar-refractivity contribution is -0.192. The Hall–Kier alpha value is -2.61. The Labute approximate surface area is 214 Å². The van der Waals surface area contributed by atoms with E-state index >= 15 is 0 Å². The maximum atomic E-state index is 13.1. The molecule has 0 bridgehead atoms. The number of carbonyl (C=O) groups is 1. The van der Waals surface area contributed by atoms with Crippen LogP contribution in [0.15, 0.2) is 12.4 Å². The first-order valence-electron chi connectivity index (χ1n) is 11.1. The molecule has 9 nitrogen and oxygen atoms in total. The topological polar surface area (TPSA) is 107 Å². The first-order chi connectivity index (χ1) is 17.0. The molecule has 2 atom stereocenters. The van der Waals surface area contributed by atoms with Gasteiger partial charge in [-0.15, -0.1) is 0 Å². The summed E-state index contributed by atoms with van der Waals surface area (Å²) < 4.78 is 44.8. The number of nitrogens with zero attached hydrogens (tertiary/aromatic N) is 6. The van der Waals surface area contributed by atoms with Gasteiger partial charge in [0.1, 0.15) is 5.02 Å². The van der Waals surface area contributed by atoms with Gasteiger partial charge in [0, 0.05) is 37.5 Å². The van der Waals surface area contributed by atoms with Gasteiger partial charge in [-0.2, -0.15) is 29.9 Å². The summed E-state index contributed by atoms with van der Waals surface area (Å²) in [5.41, 5.74) is 0.780. The Morgan fingerprint density at radius 1 is 1.14 bits per heavy atom. The zero-order chi connectivity index (χ0) is 26.5. The minimum Gasteiger partial charge on any atom is -0.475 e. The molecule has 0 aromatic carbocycles. The highest BCUT2D eigenvalue weighted by Crippen LogP contribution is 2.32. The molecule has 1 aliphatic heterocycles. The summed E-state index contributed by atoms with van der Waals surface area (Å²) in [5.74, 6) is -1.23. The number of piperazine rings is 1. The van der Waals surface area contributed by atoms with Crippen LogP contribution >= 0.6 is 23.4 Å².